The fourth-order valence-electron chi connectivity index (χ4n) is 2.48. The first-order valence-electron chi connectivity index (χ1n) is 6.58. The minimum absolute atomic E-state index is 0.312. The molecule has 1 unspecified atom stereocenters. The molecule has 0 bridgehead atoms. The van der Waals surface area contributed by atoms with Crippen LogP contribution in [0, 0.1) is 12.7 Å². The summed E-state index contributed by atoms with van der Waals surface area (Å²) in [5, 5.41) is 0. The molecule has 0 spiro atoms. The molecule has 1 heterocycles. The van der Waals surface area contributed by atoms with Crippen molar-refractivity contribution >= 4 is 11.1 Å². The Morgan fingerprint density at radius 3 is 2.67 bits per heavy atom. The summed E-state index contributed by atoms with van der Waals surface area (Å²) in [5.41, 5.74) is 9.64. The molecule has 0 aliphatic carbocycles. The van der Waals surface area contributed by atoms with Crippen molar-refractivity contribution in [2.45, 2.75) is 13.0 Å². The van der Waals surface area contributed by atoms with E-state index in [0.29, 0.717) is 16.7 Å². The van der Waals surface area contributed by atoms with Crippen LogP contribution in [-0.4, -0.2) is 4.57 Å². The van der Waals surface area contributed by atoms with Gasteiger partial charge in [0.05, 0.1) is 11.6 Å². The van der Waals surface area contributed by atoms with Gasteiger partial charge in [-0.2, -0.15) is 0 Å². The maximum Gasteiger partial charge on any atom is 0.419 e. The van der Waals surface area contributed by atoms with Gasteiger partial charge >= 0.3 is 5.76 Å². The van der Waals surface area contributed by atoms with Crippen LogP contribution in [-0.2, 0) is 7.05 Å². The second kappa shape index (κ2) is 4.86. The standard InChI is InChI=1S/C16H15FN2O2/c1-9-5-11(7-12(17)6-9)15(18)10-3-4-13-14(8-10)21-16(20)19(13)2/h3-8,15H,18H2,1-2H3. The summed E-state index contributed by atoms with van der Waals surface area (Å²) in [7, 11) is 1.64. The van der Waals surface area contributed by atoms with Crippen molar-refractivity contribution in [3.8, 4) is 0 Å². The van der Waals surface area contributed by atoms with Crippen LogP contribution in [0.15, 0.2) is 45.6 Å². The number of fused-ring (bicyclic) bond motifs is 1. The summed E-state index contributed by atoms with van der Waals surface area (Å²) < 4.78 is 20.1. The summed E-state index contributed by atoms with van der Waals surface area (Å²) in [6.45, 7) is 1.82. The van der Waals surface area contributed by atoms with Gasteiger partial charge in [-0.25, -0.2) is 9.18 Å². The third-order valence-electron chi connectivity index (χ3n) is 3.60. The van der Waals surface area contributed by atoms with Gasteiger partial charge in [-0.3, -0.25) is 4.57 Å². The largest absolute Gasteiger partial charge is 0.419 e. The second-order valence-corrected chi connectivity index (χ2v) is 5.19. The number of hydrogen-bond donors (Lipinski definition) is 1. The molecule has 0 fully saturated rings. The SMILES string of the molecule is Cc1cc(F)cc(C(N)c2ccc3c(c2)oc(=O)n3C)c1. The van der Waals surface area contributed by atoms with Crippen molar-refractivity contribution < 1.29 is 8.81 Å². The molecule has 2 N–H and O–H groups in total. The highest BCUT2D eigenvalue weighted by molar-refractivity contribution is 5.74. The third kappa shape index (κ3) is 2.36. The van der Waals surface area contributed by atoms with E-state index in [1.165, 1.54) is 16.7 Å². The van der Waals surface area contributed by atoms with E-state index in [9.17, 15) is 9.18 Å². The summed E-state index contributed by atoms with van der Waals surface area (Å²) in [4.78, 5) is 11.5. The third-order valence-corrected chi connectivity index (χ3v) is 3.60. The normalized spacial score (nSPS) is 12.8. The summed E-state index contributed by atoms with van der Waals surface area (Å²) in [6, 6.07) is 9.57. The average Bonchev–Trinajstić information content (AvgIpc) is 2.71. The predicted molar refractivity (Wildman–Crippen MR) is 78.6 cm³/mol. The van der Waals surface area contributed by atoms with Crippen molar-refractivity contribution in [2.24, 2.45) is 12.8 Å². The molecule has 0 radical (unpaired) electrons. The zero-order valence-corrected chi connectivity index (χ0v) is 11.8. The molecular formula is C16H15FN2O2. The summed E-state index contributed by atoms with van der Waals surface area (Å²) in [5.74, 6) is -0.731. The topological polar surface area (TPSA) is 61.2 Å². The van der Waals surface area contributed by atoms with E-state index < -0.39 is 11.8 Å². The van der Waals surface area contributed by atoms with Crippen LogP contribution in [0.3, 0.4) is 0 Å². The zero-order valence-electron chi connectivity index (χ0n) is 11.8. The number of nitrogens with two attached hydrogens (primary N) is 1. The fraction of sp³-hybridized carbons (Fsp3) is 0.188. The summed E-state index contributed by atoms with van der Waals surface area (Å²) in [6.07, 6.45) is 0. The molecule has 0 aliphatic rings. The van der Waals surface area contributed by atoms with Gasteiger partial charge in [-0.05, 0) is 47.9 Å². The number of nitrogens with zero attached hydrogens (tertiary/aromatic N) is 1. The van der Waals surface area contributed by atoms with Gasteiger partial charge in [-0.1, -0.05) is 12.1 Å². The molecule has 0 aliphatic heterocycles. The van der Waals surface area contributed by atoms with E-state index in [4.69, 9.17) is 10.2 Å². The molecule has 0 saturated heterocycles. The number of halogens is 1. The van der Waals surface area contributed by atoms with E-state index in [2.05, 4.69) is 0 Å². The number of oxazole rings is 1. The highest BCUT2D eigenvalue weighted by Crippen LogP contribution is 2.24. The molecule has 4 nitrogen and oxygen atoms in total. The van der Waals surface area contributed by atoms with Crippen molar-refractivity contribution in [1.29, 1.82) is 0 Å². The Balaban J connectivity index is 2.08. The molecule has 5 heteroatoms. The van der Waals surface area contributed by atoms with Crippen LogP contribution < -0.4 is 11.5 Å². The van der Waals surface area contributed by atoms with Gasteiger partial charge in [0.2, 0.25) is 0 Å². The molecule has 1 aromatic heterocycles. The minimum atomic E-state index is -0.477. The maximum absolute atomic E-state index is 13.5. The van der Waals surface area contributed by atoms with E-state index in [-0.39, 0.29) is 5.82 Å². The van der Waals surface area contributed by atoms with Gasteiger partial charge in [0.25, 0.3) is 0 Å². The number of aryl methyl sites for hydroxylation is 2. The lowest BCUT2D eigenvalue weighted by atomic mass is 9.98. The average molecular weight is 286 g/mol. The minimum Gasteiger partial charge on any atom is -0.408 e. The Hall–Kier alpha value is -2.40. The van der Waals surface area contributed by atoms with Gasteiger partial charge in [0.1, 0.15) is 5.82 Å². The Bertz CT molecular complexity index is 859. The monoisotopic (exact) mass is 286 g/mol. The lowest BCUT2D eigenvalue weighted by molar-refractivity contribution is 0.527. The smallest absolute Gasteiger partial charge is 0.408 e. The molecule has 21 heavy (non-hydrogen) atoms. The molecule has 3 rings (SSSR count). The predicted octanol–water partition coefficient (Wildman–Crippen LogP) is 2.63. The first-order chi connectivity index (χ1) is 9.95. The Kier molecular flexibility index (Phi) is 3.14. The van der Waals surface area contributed by atoms with Crippen molar-refractivity contribution in [3.63, 3.8) is 0 Å². The van der Waals surface area contributed by atoms with E-state index >= 15 is 0 Å². The van der Waals surface area contributed by atoms with Crippen molar-refractivity contribution in [2.75, 3.05) is 0 Å². The quantitative estimate of drug-likeness (QED) is 0.787. The Morgan fingerprint density at radius 2 is 1.95 bits per heavy atom. The molecule has 2 aromatic carbocycles. The Morgan fingerprint density at radius 1 is 1.19 bits per heavy atom. The van der Waals surface area contributed by atoms with Crippen molar-refractivity contribution in [1.82, 2.24) is 4.57 Å². The number of aromatic nitrogens is 1. The highest BCUT2D eigenvalue weighted by Gasteiger charge is 2.13. The maximum atomic E-state index is 13.5. The van der Waals surface area contributed by atoms with Gasteiger partial charge in [0, 0.05) is 7.05 Å². The molecule has 1 atom stereocenters. The second-order valence-electron chi connectivity index (χ2n) is 5.19. The number of rotatable bonds is 2. The molecule has 0 amide bonds. The van der Waals surface area contributed by atoms with E-state index in [0.717, 1.165) is 11.1 Å². The van der Waals surface area contributed by atoms with E-state index in [1.54, 1.807) is 19.2 Å². The highest BCUT2D eigenvalue weighted by atomic mass is 19.1. The number of benzene rings is 2. The van der Waals surface area contributed by atoms with E-state index in [1.807, 2.05) is 19.1 Å². The number of hydrogen-bond acceptors (Lipinski definition) is 3. The first kappa shape index (κ1) is 13.6. The Labute approximate surface area is 120 Å². The zero-order chi connectivity index (χ0) is 15.1. The van der Waals surface area contributed by atoms with Crippen LogP contribution >= 0.6 is 0 Å². The molecule has 3 aromatic rings. The lowest BCUT2D eigenvalue weighted by Crippen LogP contribution is -2.12. The fourth-order valence-corrected chi connectivity index (χ4v) is 2.48. The van der Waals surface area contributed by atoms with Crippen molar-refractivity contribution in [3.05, 3.63) is 69.5 Å². The van der Waals surface area contributed by atoms with Gasteiger partial charge in [0.15, 0.2) is 5.58 Å². The van der Waals surface area contributed by atoms with Crippen LogP contribution in [0.2, 0.25) is 0 Å². The molecule has 108 valence electrons. The van der Waals surface area contributed by atoms with Gasteiger partial charge in [-0.15, -0.1) is 0 Å². The van der Waals surface area contributed by atoms with Crippen LogP contribution in [0.1, 0.15) is 22.7 Å². The van der Waals surface area contributed by atoms with Gasteiger partial charge < -0.3 is 10.2 Å². The lowest BCUT2D eigenvalue weighted by Gasteiger charge is -2.13. The van der Waals surface area contributed by atoms with Crippen LogP contribution in [0.4, 0.5) is 4.39 Å². The van der Waals surface area contributed by atoms with Crippen LogP contribution in [0.5, 0.6) is 0 Å². The summed E-state index contributed by atoms with van der Waals surface area (Å²) >= 11 is 0. The van der Waals surface area contributed by atoms with Crippen LogP contribution in [0.25, 0.3) is 11.1 Å². The molecular weight excluding hydrogens is 271 g/mol. The first-order valence-corrected chi connectivity index (χ1v) is 6.58. The molecule has 0 saturated carbocycles.